The van der Waals surface area contributed by atoms with Gasteiger partial charge < -0.3 is 14.4 Å². The Bertz CT molecular complexity index is 78.5. The van der Waals surface area contributed by atoms with E-state index in [1.807, 2.05) is 0 Å². The van der Waals surface area contributed by atoms with E-state index in [9.17, 15) is 0 Å². The van der Waals surface area contributed by atoms with Gasteiger partial charge in [-0.25, -0.2) is 0 Å². The van der Waals surface area contributed by atoms with Gasteiger partial charge in [0.2, 0.25) is 0 Å². The Balaban J connectivity index is 3.49. The Hall–Kier alpha value is -0.120. The molecular weight excluding hydrogens is 154 g/mol. The van der Waals surface area contributed by atoms with E-state index in [0.29, 0.717) is 0 Å². The summed E-state index contributed by atoms with van der Waals surface area (Å²) in [6.07, 6.45) is 0.889. The van der Waals surface area contributed by atoms with Crippen molar-refractivity contribution in [2.45, 2.75) is 26.6 Å². The van der Waals surface area contributed by atoms with Crippen molar-refractivity contribution in [2.24, 2.45) is 0 Å². The van der Waals surface area contributed by atoms with Gasteiger partial charge in [0.05, 0.1) is 0 Å². The summed E-state index contributed by atoms with van der Waals surface area (Å²) < 4.78 is 10.2. The van der Waals surface area contributed by atoms with Crippen LogP contribution >= 0.6 is 0 Å². The highest BCUT2D eigenvalue weighted by Crippen LogP contribution is 1.99. The first-order valence-electron chi connectivity index (χ1n) is 4.56. The zero-order valence-electron chi connectivity index (χ0n) is 8.67. The van der Waals surface area contributed by atoms with E-state index in [1.165, 1.54) is 0 Å². The molecule has 0 aliphatic heterocycles. The quantitative estimate of drug-likeness (QED) is 0.545. The third kappa shape index (κ3) is 4.70. The molecule has 0 N–H and O–H groups in total. The minimum atomic E-state index is -0.0504. The van der Waals surface area contributed by atoms with Gasteiger partial charge >= 0.3 is 0 Å². The van der Waals surface area contributed by atoms with Gasteiger partial charge in [-0.3, -0.25) is 0 Å². The Labute approximate surface area is 75.6 Å². The van der Waals surface area contributed by atoms with Crippen molar-refractivity contribution in [2.75, 3.05) is 33.9 Å². The van der Waals surface area contributed by atoms with E-state index in [1.54, 1.807) is 14.2 Å². The van der Waals surface area contributed by atoms with Gasteiger partial charge in [0.15, 0.2) is 6.29 Å². The van der Waals surface area contributed by atoms with Gasteiger partial charge in [-0.1, -0.05) is 13.8 Å². The summed E-state index contributed by atoms with van der Waals surface area (Å²) in [4.78, 5) is 2.35. The summed E-state index contributed by atoms with van der Waals surface area (Å²) in [5, 5.41) is 0. The van der Waals surface area contributed by atoms with Crippen LogP contribution in [0.5, 0.6) is 0 Å². The van der Waals surface area contributed by atoms with E-state index in [4.69, 9.17) is 9.47 Å². The summed E-state index contributed by atoms with van der Waals surface area (Å²) in [7, 11) is 3.35. The Kier molecular flexibility index (Phi) is 7.45. The largest absolute Gasteiger partial charge is 0.356 e. The molecule has 0 saturated heterocycles. The highest BCUT2D eigenvalue weighted by atomic mass is 16.7. The molecule has 0 bridgehead atoms. The van der Waals surface area contributed by atoms with Crippen LogP contribution in [-0.2, 0) is 9.47 Å². The van der Waals surface area contributed by atoms with Crippen LogP contribution in [0, 0.1) is 0 Å². The molecule has 0 atom stereocenters. The zero-order valence-corrected chi connectivity index (χ0v) is 8.67. The first kappa shape index (κ1) is 11.9. The van der Waals surface area contributed by atoms with Gasteiger partial charge in [-0.05, 0) is 13.1 Å². The zero-order chi connectivity index (χ0) is 9.40. The summed E-state index contributed by atoms with van der Waals surface area (Å²) in [6, 6.07) is 0. The molecule has 0 aromatic rings. The highest BCUT2D eigenvalue weighted by molar-refractivity contribution is 4.54. The molecule has 0 fully saturated rings. The monoisotopic (exact) mass is 175 g/mol. The molecule has 0 spiro atoms. The molecule has 0 heterocycles. The number of methoxy groups -OCH3 is 2. The Morgan fingerprint density at radius 2 is 1.58 bits per heavy atom. The number of hydrogen-bond donors (Lipinski definition) is 0. The average molecular weight is 175 g/mol. The summed E-state index contributed by atoms with van der Waals surface area (Å²) >= 11 is 0. The third-order valence-electron chi connectivity index (χ3n) is 2.10. The summed E-state index contributed by atoms with van der Waals surface area (Å²) in [6.45, 7) is 7.56. The summed E-state index contributed by atoms with van der Waals surface area (Å²) in [5.41, 5.74) is 0. The van der Waals surface area contributed by atoms with Crippen molar-refractivity contribution in [3.63, 3.8) is 0 Å². The Morgan fingerprint density at radius 1 is 1.08 bits per heavy atom. The van der Waals surface area contributed by atoms with Crippen LogP contribution in [0.4, 0.5) is 0 Å². The van der Waals surface area contributed by atoms with Gasteiger partial charge in [-0.15, -0.1) is 0 Å². The molecule has 3 heteroatoms. The maximum Gasteiger partial charge on any atom is 0.158 e. The molecular formula is C9H21NO2. The number of rotatable bonds is 7. The van der Waals surface area contributed by atoms with E-state index in [2.05, 4.69) is 18.7 Å². The standard InChI is InChI=1S/C9H21NO2/c1-5-10(6-2)8-7-9(11-3)12-4/h9H,5-8H2,1-4H3. The maximum atomic E-state index is 5.09. The van der Waals surface area contributed by atoms with Crippen molar-refractivity contribution in [1.29, 1.82) is 0 Å². The molecule has 0 rings (SSSR count). The molecule has 0 unspecified atom stereocenters. The van der Waals surface area contributed by atoms with Gasteiger partial charge in [0.25, 0.3) is 0 Å². The predicted octanol–water partition coefficient (Wildman–Crippen LogP) is 1.34. The molecule has 0 aliphatic carbocycles. The average Bonchev–Trinajstić information content (AvgIpc) is 2.13. The molecule has 0 amide bonds. The van der Waals surface area contributed by atoms with Crippen molar-refractivity contribution < 1.29 is 9.47 Å². The minimum absolute atomic E-state index is 0.0504. The molecule has 0 aromatic heterocycles. The molecule has 0 saturated carbocycles. The fraction of sp³-hybridized carbons (Fsp3) is 1.00. The maximum absolute atomic E-state index is 5.09. The van der Waals surface area contributed by atoms with Crippen LogP contribution in [0.3, 0.4) is 0 Å². The fourth-order valence-corrected chi connectivity index (χ4v) is 1.16. The molecule has 0 radical (unpaired) electrons. The lowest BCUT2D eigenvalue weighted by molar-refractivity contribution is -0.109. The minimum Gasteiger partial charge on any atom is -0.356 e. The normalized spacial score (nSPS) is 11.5. The lowest BCUT2D eigenvalue weighted by Crippen LogP contribution is -2.28. The number of hydrogen-bond acceptors (Lipinski definition) is 3. The van der Waals surface area contributed by atoms with E-state index in [0.717, 1.165) is 26.1 Å². The lowest BCUT2D eigenvalue weighted by atomic mass is 10.3. The second-order valence-corrected chi connectivity index (χ2v) is 2.72. The second-order valence-electron chi connectivity index (χ2n) is 2.72. The Morgan fingerprint density at radius 3 is 1.92 bits per heavy atom. The highest BCUT2D eigenvalue weighted by Gasteiger charge is 2.06. The SMILES string of the molecule is CCN(CC)CCC(OC)OC. The van der Waals surface area contributed by atoms with Gasteiger partial charge in [0, 0.05) is 27.2 Å². The van der Waals surface area contributed by atoms with Crippen LogP contribution in [0.1, 0.15) is 20.3 Å². The predicted molar refractivity (Wildman–Crippen MR) is 50.2 cm³/mol. The molecule has 0 aliphatic rings. The van der Waals surface area contributed by atoms with Crippen LogP contribution < -0.4 is 0 Å². The fourth-order valence-electron chi connectivity index (χ4n) is 1.16. The van der Waals surface area contributed by atoms with Crippen LogP contribution in [-0.4, -0.2) is 45.0 Å². The summed E-state index contributed by atoms with van der Waals surface area (Å²) in [5.74, 6) is 0. The topological polar surface area (TPSA) is 21.7 Å². The van der Waals surface area contributed by atoms with Gasteiger partial charge in [-0.2, -0.15) is 0 Å². The van der Waals surface area contributed by atoms with Crippen molar-refractivity contribution in [1.82, 2.24) is 4.90 Å². The van der Waals surface area contributed by atoms with E-state index >= 15 is 0 Å². The second kappa shape index (κ2) is 7.53. The van der Waals surface area contributed by atoms with Crippen molar-refractivity contribution in [3.8, 4) is 0 Å². The van der Waals surface area contributed by atoms with Gasteiger partial charge in [0.1, 0.15) is 0 Å². The van der Waals surface area contributed by atoms with Crippen LogP contribution in [0.2, 0.25) is 0 Å². The molecule has 3 nitrogen and oxygen atoms in total. The van der Waals surface area contributed by atoms with E-state index in [-0.39, 0.29) is 6.29 Å². The first-order chi connectivity index (χ1) is 5.78. The van der Waals surface area contributed by atoms with Crippen LogP contribution in [0.15, 0.2) is 0 Å². The number of nitrogens with zero attached hydrogens (tertiary/aromatic N) is 1. The third-order valence-corrected chi connectivity index (χ3v) is 2.10. The van der Waals surface area contributed by atoms with Crippen molar-refractivity contribution in [3.05, 3.63) is 0 Å². The van der Waals surface area contributed by atoms with Crippen molar-refractivity contribution >= 4 is 0 Å². The van der Waals surface area contributed by atoms with E-state index < -0.39 is 0 Å². The smallest absolute Gasteiger partial charge is 0.158 e. The first-order valence-corrected chi connectivity index (χ1v) is 4.56. The van der Waals surface area contributed by atoms with Crippen LogP contribution in [0.25, 0.3) is 0 Å². The molecule has 0 aromatic carbocycles. The number of ether oxygens (including phenoxy) is 2. The molecule has 74 valence electrons. The molecule has 12 heavy (non-hydrogen) atoms. The lowest BCUT2D eigenvalue weighted by Gasteiger charge is -2.20.